The zero-order chi connectivity index (χ0) is 8.97. The Balaban J connectivity index is 2.52. The molecule has 0 radical (unpaired) electrons. The van der Waals surface area contributed by atoms with Gasteiger partial charge in [0.2, 0.25) is 0 Å². The number of nitrogens with zero attached hydrogens (tertiary/aromatic N) is 2. The molecule has 64 valence electrons. The molecule has 0 saturated carbocycles. The van der Waals surface area contributed by atoms with Gasteiger partial charge in [-0.05, 0) is 5.56 Å². The number of aryl methyl sites for hydroxylation is 1. The van der Waals surface area contributed by atoms with Gasteiger partial charge in [-0.25, -0.2) is 0 Å². The van der Waals surface area contributed by atoms with Gasteiger partial charge in [0.05, 0.1) is 6.20 Å². The molecule has 0 aliphatic heterocycles. The Labute approximate surface area is 71.7 Å². The molecule has 3 nitrogen and oxygen atoms in total. The Morgan fingerprint density at radius 3 is 3.08 bits per heavy atom. The first kappa shape index (κ1) is 8.71. The molecule has 0 unspecified atom stereocenters. The molecule has 1 aromatic rings. The molecule has 0 aliphatic rings. The average molecular weight is 164 g/mol. The van der Waals surface area contributed by atoms with E-state index in [9.17, 15) is 4.79 Å². The fourth-order valence-corrected chi connectivity index (χ4v) is 1.02. The van der Waals surface area contributed by atoms with Gasteiger partial charge < -0.3 is 0 Å². The van der Waals surface area contributed by atoms with Gasteiger partial charge in [-0.15, -0.1) is 6.58 Å². The number of aromatic nitrogens is 2. The highest BCUT2D eigenvalue weighted by atomic mass is 16.1. The molecule has 1 heterocycles. The van der Waals surface area contributed by atoms with Crippen molar-refractivity contribution in [3.05, 3.63) is 30.6 Å². The highest BCUT2D eigenvalue weighted by Gasteiger charge is 2.02. The van der Waals surface area contributed by atoms with Crippen molar-refractivity contribution in [1.29, 1.82) is 0 Å². The summed E-state index contributed by atoms with van der Waals surface area (Å²) < 4.78 is 1.69. The molecule has 0 N–H and O–H groups in total. The van der Waals surface area contributed by atoms with Gasteiger partial charge in [0, 0.05) is 26.1 Å². The maximum absolute atomic E-state index is 11.1. The van der Waals surface area contributed by atoms with Crippen LogP contribution < -0.4 is 0 Å². The van der Waals surface area contributed by atoms with Crippen molar-refractivity contribution >= 4 is 5.78 Å². The van der Waals surface area contributed by atoms with Gasteiger partial charge in [-0.2, -0.15) is 5.10 Å². The van der Waals surface area contributed by atoms with E-state index in [0.29, 0.717) is 12.8 Å². The predicted molar refractivity (Wildman–Crippen MR) is 46.7 cm³/mol. The molecule has 0 atom stereocenters. The van der Waals surface area contributed by atoms with Gasteiger partial charge in [0.25, 0.3) is 0 Å². The highest BCUT2D eigenvalue weighted by Crippen LogP contribution is 2.00. The number of rotatable bonds is 4. The summed E-state index contributed by atoms with van der Waals surface area (Å²) in [6.45, 7) is 3.51. The van der Waals surface area contributed by atoms with Crippen molar-refractivity contribution in [3.63, 3.8) is 0 Å². The Hall–Kier alpha value is -1.38. The van der Waals surface area contributed by atoms with E-state index in [2.05, 4.69) is 11.7 Å². The fourth-order valence-electron chi connectivity index (χ4n) is 1.02. The minimum Gasteiger partial charge on any atom is -0.299 e. The van der Waals surface area contributed by atoms with E-state index in [1.165, 1.54) is 0 Å². The second-order valence-electron chi connectivity index (χ2n) is 2.73. The van der Waals surface area contributed by atoms with E-state index in [0.717, 1.165) is 5.56 Å². The summed E-state index contributed by atoms with van der Waals surface area (Å²) in [4.78, 5) is 11.1. The fraction of sp³-hybridized carbons (Fsp3) is 0.333. The first-order chi connectivity index (χ1) is 5.72. The number of hydrogen-bond acceptors (Lipinski definition) is 2. The zero-order valence-electron chi connectivity index (χ0n) is 7.16. The summed E-state index contributed by atoms with van der Waals surface area (Å²) in [7, 11) is 1.83. The van der Waals surface area contributed by atoms with Crippen molar-refractivity contribution in [2.24, 2.45) is 7.05 Å². The summed E-state index contributed by atoms with van der Waals surface area (Å²) in [5, 5.41) is 3.97. The van der Waals surface area contributed by atoms with Crippen LogP contribution in [0.15, 0.2) is 25.0 Å². The predicted octanol–water partition coefficient (Wildman–Crippen LogP) is 1.11. The van der Waals surface area contributed by atoms with Crippen LogP contribution in [-0.2, 0) is 18.3 Å². The topological polar surface area (TPSA) is 34.9 Å². The van der Waals surface area contributed by atoms with Crippen molar-refractivity contribution in [2.75, 3.05) is 0 Å². The van der Waals surface area contributed by atoms with E-state index in [4.69, 9.17) is 0 Å². The molecular weight excluding hydrogens is 152 g/mol. The van der Waals surface area contributed by atoms with Crippen LogP contribution in [0.3, 0.4) is 0 Å². The first-order valence-corrected chi connectivity index (χ1v) is 3.82. The van der Waals surface area contributed by atoms with Crippen molar-refractivity contribution in [2.45, 2.75) is 12.8 Å². The number of carbonyl (C=O) groups excluding carboxylic acids is 1. The molecular formula is C9H12N2O. The molecule has 3 heteroatoms. The molecule has 0 bridgehead atoms. The van der Waals surface area contributed by atoms with Crippen LogP contribution in [0.25, 0.3) is 0 Å². The van der Waals surface area contributed by atoms with E-state index in [-0.39, 0.29) is 5.78 Å². The Morgan fingerprint density at radius 1 is 1.83 bits per heavy atom. The van der Waals surface area contributed by atoms with Gasteiger partial charge in [0.1, 0.15) is 5.78 Å². The monoisotopic (exact) mass is 164 g/mol. The largest absolute Gasteiger partial charge is 0.299 e. The molecule has 12 heavy (non-hydrogen) atoms. The summed E-state index contributed by atoms with van der Waals surface area (Å²) in [5.74, 6) is 0.179. The molecule has 0 saturated heterocycles. The molecule has 0 aliphatic carbocycles. The lowest BCUT2D eigenvalue weighted by Crippen LogP contribution is -1.99. The van der Waals surface area contributed by atoms with Crippen LogP contribution in [0, 0.1) is 0 Å². The maximum Gasteiger partial charge on any atom is 0.141 e. The second-order valence-corrected chi connectivity index (χ2v) is 2.73. The molecule has 0 aromatic carbocycles. The van der Waals surface area contributed by atoms with E-state index in [1.54, 1.807) is 17.0 Å². The van der Waals surface area contributed by atoms with Gasteiger partial charge in [-0.1, -0.05) is 6.08 Å². The third kappa shape index (κ3) is 2.34. The molecule has 1 aromatic heterocycles. The highest BCUT2D eigenvalue weighted by molar-refractivity contribution is 5.81. The van der Waals surface area contributed by atoms with Crippen molar-refractivity contribution < 1.29 is 4.79 Å². The number of Topliss-reactive ketones (excluding diaryl/α,β-unsaturated/α-hetero) is 1. The van der Waals surface area contributed by atoms with Crippen LogP contribution in [0.2, 0.25) is 0 Å². The summed E-state index contributed by atoms with van der Waals surface area (Å²) in [5.41, 5.74) is 0.962. The number of ketones is 1. The third-order valence-corrected chi connectivity index (χ3v) is 1.53. The Kier molecular flexibility index (Phi) is 2.80. The zero-order valence-corrected chi connectivity index (χ0v) is 7.16. The average Bonchev–Trinajstić information content (AvgIpc) is 2.36. The number of carbonyl (C=O) groups is 1. The van der Waals surface area contributed by atoms with Gasteiger partial charge >= 0.3 is 0 Å². The first-order valence-electron chi connectivity index (χ1n) is 3.82. The summed E-state index contributed by atoms with van der Waals surface area (Å²) in [6.07, 6.45) is 6.08. The van der Waals surface area contributed by atoms with E-state index < -0.39 is 0 Å². The van der Waals surface area contributed by atoms with E-state index in [1.807, 2.05) is 13.2 Å². The third-order valence-electron chi connectivity index (χ3n) is 1.53. The Morgan fingerprint density at radius 2 is 2.58 bits per heavy atom. The lowest BCUT2D eigenvalue weighted by Gasteiger charge is -1.91. The van der Waals surface area contributed by atoms with Crippen molar-refractivity contribution in [1.82, 2.24) is 9.78 Å². The molecule has 0 amide bonds. The number of allylic oxidation sites excluding steroid dienone is 1. The second kappa shape index (κ2) is 3.85. The van der Waals surface area contributed by atoms with Crippen LogP contribution >= 0.6 is 0 Å². The van der Waals surface area contributed by atoms with Gasteiger partial charge in [0.15, 0.2) is 0 Å². The SMILES string of the molecule is C=CCC(=O)Cc1cnn(C)c1. The summed E-state index contributed by atoms with van der Waals surface area (Å²) >= 11 is 0. The lowest BCUT2D eigenvalue weighted by molar-refractivity contribution is -0.117. The standard InChI is InChI=1S/C9H12N2O/c1-3-4-9(12)5-8-6-10-11(2)7-8/h3,6-7H,1,4-5H2,2H3. The Bertz CT molecular complexity index is 288. The molecule has 0 spiro atoms. The van der Waals surface area contributed by atoms with Crippen LogP contribution in [0.4, 0.5) is 0 Å². The van der Waals surface area contributed by atoms with Crippen LogP contribution in [-0.4, -0.2) is 15.6 Å². The number of hydrogen-bond donors (Lipinski definition) is 0. The van der Waals surface area contributed by atoms with Crippen LogP contribution in [0.5, 0.6) is 0 Å². The summed E-state index contributed by atoms with van der Waals surface area (Å²) in [6, 6.07) is 0. The minimum atomic E-state index is 0.179. The normalized spacial score (nSPS) is 9.75. The van der Waals surface area contributed by atoms with Crippen molar-refractivity contribution in [3.8, 4) is 0 Å². The molecule has 0 fully saturated rings. The maximum atomic E-state index is 11.1. The smallest absolute Gasteiger partial charge is 0.141 e. The minimum absolute atomic E-state index is 0.179. The van der Waals surface area contributed by atoms with E-state index >= 15 is 0 Å². The lowest BCUT2D eigenvalue weighted by atomic mass is 10.1. The van der Waals surface area contributed by atoms with Crippen LogP contribution in [0.1, 0.15) is 12.0 Å². The quantitative estimate of drug-likeness (QED) is 0.625. The van der Waals surface area contributed by atoms with Gasteiger partial charge in [-0.3, -0.25) is 9.48 Å². The molecule has 1 rings (SSSR count).